The minimum atomic E-state index is -0.520. The van der Waals surface area contributed by atoms with Crippen molar-refractivity contribution in [2.45, 2.75) is 19.4 Å². The van der Waals surface area contributed by atoms with E-state index in [-0.39, 0.29) is 11.8 Å². The maximum Gasteiger partial charge on any atom is 0.251 e. The van der Waals surface area contributed by atoms with Crippen LogP contribution in [0.5, 0.6) is 0 Å². The number of benzene rings is 1. The lowest BCUT2D eigenvalue weighted by molar-refractivity contribution is -0.130. The minimum Gasteiger partial charge on any atom is -0.384 e. The largest absolute Gasteiger partial charge is 0.384 e. The summed E-state index contributed by atoms with van der Waals surface area (Å²) in [7, 11) is 3.35. The monoisotopic (exact) mass is 261 g/mol. The number of carbonyl (C=O) groups excluding carboxylic acids is 2. The third kappa shape index (κ3) is 2.86. The summed E-state index contributed by atoms with van der Waals surface area (Å²) < 4.78 is 0. The van der Waals surface area contributed by atoms with Gasteiger partial charge in [-0.2, -0.15) is 0 Å². The number of nitrogens with one attached hydrogen (secondary N) is 2. The van der Waals surface area contributed by atoms with Crippen LogP contribution in [-0.4, -0.2) is 43.4 Å². The first-order valence-electron chi connectivity index (χ1n) is 6.38. The van der Waals surface area contributed by atoms with E-state index in [9.17, 15) is 9.59 Å². The molecule has 1 aromatic carbocycles. The Morgan fingerprint density at radius 1 is 1.37 bits per heavy atom. The molecule has 0 aliphatic carbocycles. The van der Waals surface area contributed by atoms with Crippen molar-refractivity contribution in [2.75, 3.05) is 26.0 Å². The van der Waals surface area contributed by atoms with Crippen LogP contribution in [0.25, 0.3) is 0 Å². The average molecular weight is 261 g/mol. The van der Waals surface area contributed by atoms with Crippen molar-refractivity contribution >= 4 is 17.5 Å². The number of hydrogen-bond donors (Lipinski definition) is 2. The summed E-state index contributed by atoms with van der Waals surface area (Å²) in [6, 6.07) is 5.06. The van der Waals surface area contributed by atoms with E-state index in [1.165, 1.54) is 4.90 Å². The second-order valence-corrected chi connectivity index (χ2v) is 4.98. The molecule has 102 valence electrons. The van der Waals surface area contributed by atoms with E-state index in [1.54, 1.807) is 27.1 Å². The molecule has 19 heavy (non-hydrogen) atoms. The van der Waals surface area contributed by atoms with Gasteiger partial charge in [-0.25, -0.2) is 0 Å². The van der Waals surface area contributed by atoms with Crippen LogP contribution in [0.3, 0.4) is 0 Å². The number of likely N-dealkylation sites (N-methyl/N-ethyl adjacent to an activating group) is 1. The van der Waals surface area contributed by atoms with E-state index in [2.05, 4.69) is 10.6 Å². The van der Waals surface area contributed by atoms with Crippen molar-refractivity contribution < 1.29 is 9.59 Å². The Morgan fingerprint density at radius 2 is 2.11 bits per heavy atom. The normalized spacial score (nSPS) is 14.3. The molecule has 2 amide bonds. The first kappa shape index (κ1) is 13.4. The molecule has 0 saturated carbocycles. The number of anilines is 1. The molecular weight excluding hydrogens is 242 g/mol. The van der Waals surface area contributed by atoms with Crippen molar-refractivity contribution in [2.24, 2.45) is 0 Å². The van der Waals surface area contributed by atoms with Crippen LogP contribution in [0, 0.1) is 0 Å². The molecule has 1 aliphatic rings. The first-order chi connectivity index (χ1) is 8.99. The van der Waals surface area contributed by atoms with Gasteiger partial charge in [0.2, 0.25) is 5.91 Å². The van der Waals surface area contributed by atoms with Gasteiger partial charge in [0.25, 0.3) is 5.91 Å². The van der Waals surface area contributed by atoms with Gasteiger partial charge in [0.1, 0.15) is 6.04 Å². The molecule has 0 aromatic heterocycles. The number of nitrogens with zero attached hydrogens (tertiary/aromatic N) is 1. The van der Waals surface area contributed by atoms with E-state index < -0.39 is 6.04 Å². The highest BCUT2D eigenvalue weighted by atomic mass is 16.2. The molecule has 1 unspecified atom stereocenters. The average Bonchev–Trinajstić information content (AvgIpc) is 2.84. The summed E-state index contributed by atoms with van der Waals surface area (Å²) in [6.45, 7) is 2.60. The standard InChI is InChI=1S/C14H19N3O2/c1-9(14(19)17(2)3)16-13(18)11-4-5-12-10(8-11)6-7-15-12/h4-5,8-9,15H,6-7H2,1-3H3,(H,16,18). The highest BCUT2D eigenvalue weighted by Crippen LogP contribution is 2.22. The lowest BCUT2D eigenvalue weighted by atomic mass is 10.1. The van der Waals surface area contributed by atoms with Crippen LogP contribution in [0.15, 0.2) is 18.2 Å². The third-order valence-electron chi connectivity index (χ3n) is 3.24. The summed E-state index contributed by atoms with van der Waals surface area (Å²) in [5, 5.41) is 5.97. The van der Waals surface area contributed by atoms with Gasteiger partial charge in [-0.1, -0.05) is 0 Å². The second kappa shape index (κ2) is 5.30. The Balaban J connectivity index is 2.06. The molecule has 1 heterocycles. The molecule has 1 atom stereocenters. The molecule has 0 saturated heterocycles. The Bertz CT molecular complexity index is 511. The maximum atomic E-state index is 12.1. The fraction of sp³-hybridized carbons (Fsp3) is 0.429. The van der Waals surface area contributed by atoms with E-state index in [4.69, 9.17) is 0 Å². The van der Waals surface area contributed by atoms with E-state index >= 15 is 0 Å². The van der Waals surface area contributed by atoms with Gasteiger partial charge in [0.05, 0.1) is 0 Å². The lowest BCUT2D eigenvalue weighted by Crippen LogP contribution is -2.44. The number of rotatable bonds is 3. The van der Waals surface area contributed by atoms with Gasteiger partial charge in [0, 0.05) is 31.9 Å². The molecular formula is C14H19N3O2. The van der Waals surface area contributed by atoms with Gasteiger partial charge in [0.15, 0.2) is 0 Å². The molecule has 2 rings (SSSR count). The highest BCUT2D eigenvalue weighted by molar-refractivity contribution is 5.98. The van der Waals surface area contributed by atoms with Gasteiger partial charge in [-0.3, -0.25) is 9.59 Å². The summed E-state index contributed by atoms with van der Waals surface area (Å²) in [4.78, 5) is 25.2. The van der Waals surface area contributed by atoms with E-state index in [0.29, 0.717) is 5.56 Å². The zero-order chi connectivity index (χ0) is 14.0. The quantitative estimate of drug-likeness (QED) is 0.848. The van der Waals surface area contributed by atoms with Crippen LogP contribution in [0.4, 0.5) is 5.69 Å². The van der Waals surface area contributed by atoms with Crippen molar-refractivity contribution in [1.29, 1.82) is 0 Å². The molecule has 0 radical (unpaired) electrons. The Kier molecular flexibility index (Phi) is 3.74. The Hall–Kier alpha value is -2.04. The van der Waals surface area contributed by atoms with Crippen LogP contribution in [0.1, 0.15) is 22.8 Å². The highest BCUT2D eigenvalue weighted by Gasteiger charge is 2.19. The SMILES string of the molecule is CC(NC(=O)c1ccc2c(c1)CCN2)C(=O)N(C)C. The van der Waals surface area contributed by atoms with E-state index in [1.807, 2.05) is 12.1 Å². The molecule has 0 bridgehead atoms. The molecule has 5 heteroatoms. The predicted molar refractivity (Wildman–Crippen MR) is 74.3 cm³/mol. The summed E-state index contributed by atoms with van der Waals surface area (Å²) in [5.74, 6) is -0.325. The molecule has 0 spiro atoms. The summed E-state index contributed by atoms with van der Waals surface area (Å²) in [6.07, 6.45) is 0.933. The summed E-state index contributed by atoms with van der Waals surface area (Å²) in [5.41, 5.74) is 2.84. The summed E-state index contributed by atoms with van der Waals surface area (Å²) >= 11 is 0. The van der Waals surface area contributed by atoms with Gasteiger partial charge in [-0.15, -0.1) is 0 Å². The smallest absolute Gasteiger partial charge is 0.251 e. The van der Waals surface area contributed by atoms with Gasteiger partial charge < -0.3 is 15.5 Å². The van der Waals surface area contributed by atoms with Gasteiger partial charge >= 0.3 is 0 Å². The second-order valence-electron chi connectivity index (χ2n) is 4.98. The minimum absolute atomic E-state index is 0.115. The predicted octanol–water partition coefficient (Wildman–Crippen LogP) is 0.861. The van der Waals surface area contributed by atoms with Crippen molar-refractivity contribution in [3.63, 3.8) is 0 Å². The number of hydrogen-bond acceptors (Lipinski definition) is 3. The third-order valence-corrected chi connectivity index (χ3v) is 3.24. The van der Waals surface area contributed by atoms with Crippen LogP contribution >= 0.6 is 0 Å². The Morgan fingerprint density at radius 3 is 2.79 bits per heavy atom. The van der Waals surface area contributed by atoms with Crippen molar-refractivity contribution in [3.8, 4) is 0 Å². The first-order valence-corrected chi connectivity index (χ1v) is 6.38. The molecule has 1 aliphatic heterocycles. The van der Waals surface area contributed by atoms with Crippen LogP contribution < -0.4 is 10.6 Å². The van der Waals surface area contributed by atoms with Crippen LogP contribution in [0.2, 0.25) is 0 Å². The fourth-order valence-corrected chi connectivity index (χ4v) is 2.18. The topological polar surface area (TPSA) is 61.4 Å². The van der Waals surface area contributed by atoms with Gasteiger partial charge in [-0.05, 0) is 37.1 Å². The number of carbonyl (C=O) groups is 2. The molecule has 1 aromatic rings. The maximum absolute atomic E-state index is 12.1. The fourth-order valence-electron chi connectivity index (χ4n) is 2.18. The van der Waals surface area contributed by atoms with Crippen LogP contribution in [-0.2, 0) is 11.2 Å². The molecule has 2 N–H and O–H groups in total. The zero-order valence-corrected chi connectivity index (χ0v) is 11.5. The van der Waals surface area contributed by atoms with Crippen molar-refractivity contribution in [1.82, 2.24) is 10.2 Å². The zero-order valence-electron chi connectivity index (χ0n) is 11.5. The Labute approximate surface area is 113 Å². The lowest BCUT2D eigenvalue weighted by Gasteiger charge is -2.18. The van der Waals surface area contributed by atoms with Crippen molar-refractivity contribution in [3.05, 3.63) is 29.3 Å². The van der Waals surface area contributed by atoms with E-state index in [0.717, 1.165) is 24.2 Å². The number of amides is 2. The number of fused-ring (bicyclic) bond motifs is 1. The molecule has 0 fully saturated rings. The molecule has 5 nitrogen and oxygen atoms in total.